The lowest BCUT2D eigenvalue weighted by atomic mass is 9.71. The summed E-state index contributed by atoms with van der Waals surface area (Å²) in [5, 5.41) is 9.15. The molecule has 2 heterocycles. The maximum absolute atomic E-state index is 9.15. The standard InChI is InChI=1S/C12H15NO2/c1-3-10(6-13)12(7-14-8-12)11-5-4-9(2)15-11/h4-5,10H,3,7-8H2,1-2H3. The van der Waals surface area contributed by atoms with Gasteiger partial charge in [0.25, 0.3) is 0 Å². The number of furan rings is 1. The molecule has 1 saturated heterocycles. The van der Waals surface area contributed by atoms with Gasteiger partial charge < -0.3 is 9.15 Å². The van der Waals surface area contributed by atoms with E-state index >= 15 is 0 Å². The molecule has 0 aliphatic carbocycles. The highest BCUT2D eigenvalue weighted by atomic mass is 16.5. The highest BCUT2D eigenvalue weighted by Gasteiger charge is 2.49. The van der Waals surface area contributed by atoms with Gasteiger partial charge >= 0.3 is 0 Å². The maximum Gasteiger partial charge on any atom is 0.116 e. The number of nitriles is 1. The van der Waals surface area contributed by atoms with E-state index in [2.05, 4.69) is 6.07 Å². The summed E-state index contributed by atoms with van der Waals surface area (Å²) in [6.07, 6.45) is 0.833. The third-order valence-electron chi connectivity index (χ3n) is 3.18. The Hall–Kier alpha value is -1.27. The van der Waals surface area contributed by atoms with E-state index < -0.39 is 0 Å². The Kier molecular flexibility index (Phi) is 2.54. The Morgan fingerprint density at radius 3 is 2.60 bits per heavy atom. The molecule has 1 atom stereocenters. The summed E-state index contributed by atoms with van der Waals surface area (Å²) in [6, 6.07) is 6.28. The summed E-state index contributed by atoms with van der Waals surface area (Å²) in [5.41, 5.74) is -0.197. The molecule has 1 fully saturated rings. The Morgan fingerprint density at radius 1 is 1.53 bits per heavy atom. The normalized spacial score (nSPS) is 20.3. The fourth-order valence-electron chi connectivity index (χ4n) is 2.14. The molecule has 0 radical (unpaired) electrons. The van der Waals surface area contributed by atoms with Crippen molar-refractivity contribution in [1.82, 2.24) is 0 Å². The van der Waals surface area contributed by atoms with Crippen molar-refractivity contribution < 1.29 is 9.15 Å². The van der Waals surface area contributed by atoms with Crippen LogP contribution in [0.2, 0.25) is 0 Å². The van der Waals surface area contributed by atoms with Gasteiger partial charge in [0, 0.05) is 0 Å². The average Bonchev–Trinajstić information content (AvgIpc) is 2.58. The molecule has 1 aliphatic rings. The minimum absolute atomic E-state index is 0.0169. The third-order valence-corrected chi connectivity index (χ3v) is 3.18. The lowest BCUT2D eigenvalue weighted by molar-refractivity contribution is -0.0906. The van der Waals surface area contributed by atoms with Crippen LogP contribution in [0.5, 0.6) is 0 Å². The minimum atomic E-state index is -0.197. The molecule has 0 spiro atoms. The van der Waals surface area contributed by atoms with Crippen LogP contribution >= 0.6 is 0 Å². The first kappa shape index (κ1) is 10.3. The molecule has 1 unspecified atom stereocenters. The van der Waals surface area contributed by atoms with Gasteiger partial charge in [-0.1, -0.05) is 6.92 Å². The molecule has 1 aromatic heterocycles. The van der Waals surface area contributed by atoms with Crippen molar-refractivity contribution in [3.05, 3.63) is 23.7 Å². The molecule has 3 nitrogen and oxygen atoms in total. The Morgan fingerprint density at radius 2 is 2.27 bits per heavy atom. The summed E-state index contributed by atoms with van der Waals surface area (Å²) in [4.78, 5) is 0. The van der Waals surface area contributed by atoms with Crippen LogP contribution < -0.4 is 0 Å². The van der Waals surface area contributed by atoms with Gasteiger partial charge in [-0.25, -0.2) is 0 Å². The van der Waals surface area contributed by atoms with E-state index in [-0.39, 0.29) is 11.3 Å². The quantitative estimate of drug-likeness (QED) is 0.761. The number of hydrogen-bond donors (Lipinski definition) is 0. The Labute approximate surface area is 89.6 Å². The predicted molar refractivity (Wildman–Crippen MR) is 55.3 cm³/mol. The zero-order valence-electron chi connectivity index (χ0n) is 9.12. The van der Waals surface area contributed by atoms with Crippen molar-refractivity contribution >= 4 is 0 Å². The van der Waals surface area contributed by atoms with Crippen LogP contribution in [0.25, 0.3) is 0 Å². The van der Waals surface area contributed by atoms with E-state index in [1.165, 1.54) is 0 Å². The molecule has 2 rings (SSSR count). The van der Waals surface area contributed by atoms with Crippen molar-refractivity contribution in [1.29, 1.82) is 5.26 Å². The van der Waals surface area contributed by atoms with Gasteiger partial charge in [-0.3, -0.25) is 0 Å². The molecular formula is C12H15NO2. The van der Waals surface area contributed by atoms with Crippen LogP contribution in [-0.4, -0.2) is 13.2 Å². The molecule has 0 N–H and O–H groups in total. The van der Waals surface area contributed by atoms with Gasteiger partial charge in [0.2, 0.25) is 0 Å². The molecule has 15 heavy (non-hydrogen) atoms. The topological polar surface area (TPSA) is 46.2 Å². The van der Waals surface area contributed by atoms with Crippen molar-refractivity contribution in [3.63, 3.8) is 0 Å². The highest BCUT2D eigenvalue weighted by Crippen LogP contribution is 2.41. The highest BCUT2D eigenvalue weighted by molar-refractivity contribution is 5.24. The van der Waals surface area contributed by atoms with E-state index in [1.54, 1.807) is 0 Å². The van der Waals surface area contributed by atoms with Crippen LogP contribution in [-0.2, 0) is 10.2 Å². The third kappa shape index (κ3) is 1.46. The van der Waals surface area contributed by atoms with Crippen LogP contribution in [0.4, 0.5) is 0 Å². The SMILES string of the molecule is CCC(C#N)C1(c2ccc(C)o2)COC1. The second-order valence-electron chi connectivity index (χ2n) is 4.15. The lowest BCUT2D eigenvalue weighted by Gasteiger charge is -2.42. The molecule has 80 valence electrons. The summed E-state index contributed by atoms with van der Waals surface area (Å²) in [7, 11) is 0. The zero-order valence-corrected chi connectivity index (χ0v) is 9.12. The van der Waals surface area contributed by atoms with Gasteiger partial charge in [0.15, 0.2) is 0 Å². The van der Waals surface area contributed by atoms with Gasteiger partial charge in [-0.05, 0) is 25.5 Å². The fourth-order valence-corrected chi connectivity index (χ4v) is 2.14. The Bertz CT molecular complexity index is 385. The smallest absolute Gasteiger partial charge is 0.116 e. The molecule has 1 aliphatic heterocycles. The fraction of sp³-hybridized carbons (Fsp3) is 0.583. The van der Waals surface area contributed by atoms with E-state index in [0.717, 1.165) is 17.9 Å². The van der Waals surface area contributed by atoms with Crippen molar-refractivity contribution in [3.8, 4) is 6.07 Å². The van der Waals surface area contributed by atoms with Crippen LogP contribution in [0.1, 0.15) is 24.9 Å². The number of ether oxygens (including phenoxy) is 1. The molecule has 0 aromatic carbocycles. The molecule has 3 heteroatoms. The summed E-state index contributed by atoms with van der Waals surface area (Å²) >= 11 is 0. The second kappa shape index (κ2) is 3.71. The van der Waals surface area contributed by atoms with Crippen LogP contribution in [0.3, 0.4) is 0 Å². The largest absolute Gasteiger partial charge is 0.466 e. The first-order valence-corrected chi connectivity index (χ1v) is 5.27. The molecule has 1 aromatic rings. The number of hydrogen-bond acceptors (Lipinski definition) is 3. The number of rotatable bonds is 3. The number of nitrogens with zero attached hydrogens (tertiary/aromatic N) is 1. The van der Waals surface area contributed by atoms with Gasteiger partial charge in [0.05, 0.1) is 30.6 Å². The monoisotopic (exact) mass is 205 g/mol. The lowest BCUT2D eigenvalue weighted by Crippen LogP contribution is -2.51. The van der Waals surface area contributed by atoms with Gasteiger partial charge in [0.1, 0.15) is 11.5 Å². The first-order chi connectivity index (χ1) is 7.23. The summed E-state index contributed by atoms with van der Waals surface area (Å²) < 4.78 is 10.9. The second-order valence-corrected chi connectivity index (χ2v) is 4.15. The van der Waals surface area contributed by atoms with Crippen molar-refractivity contribution in [2.24, 2.45) is 5.92 Å². The van der Waals surface area contributed by atoms with E-state index in [1.807, 2.05) is 26.0 Å². The maximum atomic E-state index is 9.15. The molecule has 0 bridgehead atoms. The van der Waals surface area contributed by atoms with Gasteiger partial charge in [-0.2, -0.15) is 5.26 Å². The Balaban J connectivity index is 2.33. The molecular weight excluding hydrogens is 190 g/mol. The molecule has 0 amide bonds. The van der Waals surface area contributed by atoms with Crippen molar-refractivity contribution in [2.75, 3.05) is 13.2 Å². The minimum Gasteiger partial charge on any atom is -0.466 e. The van der Waals surface area contributed by atoms with E-state index in [0.29, 0.717) is 13.2 Å². The zero-order chi connectivity index (χ0) is 10.9. The van der Waals surface area contributed by atoms with E-state index in [4.69, 9.17) is 14.4 Å². The first-order valence-electron chi connectivity index (χ1n) is 5.27. The summed E-state index contributed by atoms with van der Waals surface area (Å²) in [6.45, 7) is 5.16. The molecule has 0 saturated carbocycles. The van der Waals surface area contributed by atoms with Crippen LogP contribution in [0.15, 0.2) is 16.5 Å². The number of aryl methyl sites for hydroxylation is 1. The average molecular weight is 205 g/mol. The van der Waals surface area contributed by atoms with Crippen LogP contribution in [0, 0.1) is 24.2 Å². The predicted octanol–water partition coefficient (Wildman–Crippen LogP) is 2.41. The summed E-state index contributed by atoms with van der Waals surface area (Å²) in [5.74, 6) is 1.78. The van der Waals surface area contributed by atoms with E-state index in [9.17, 15) is 0 Å². The van der Waals surface area contributed by atoms with Gasteiger partial charge in [-0.15, -0.1) is 0 Å². The van der Waals surface area contributed by atoms with Crippen molar-refractivity contribution in [2.45, 2.75) is 25.7 Å².